The van der Waals surface area contributed by atoms with Gasteiger partial charge in [0.1, 0.15) is 12.0 Å². The molecule has 1 aromatic heterocycles. The van der Waals surface area contributed by atoms with Crippen LogP contribution in [0.5, 0.6) is 0 Å². The third kappa shape index (κ3) is 6.01. The molecule has 0 atom stereocenters. The fraction of sp³-hybridized carbons (Fsp3) is 0.333. The summed E-state index contributed by atoms with van der Waals surface area (Å²) < 4.78 is 27.3. The first-order valence-corrected chi connectivity index (χ1v) is 9.22. The molecule has 0 saturated heterocycles. The molecule has 0 saturated carbocycles. The van der Waals surface area contributed by atoms with Crippen LogP contribution in [0, 0.1) is 0 Å². The van der Waals surface area contributed by atoms with Crippen LogP contribution in [0.15, 0.2) is 46.0 Å². The summed E-state index contributed by atoms with van der Waals surface area (Å²) in [5, 5.41) is 10.9. The summed E-state index contributed by atoms with van der Waals surface area (Å²) in [6, 6.07) is 9.58. The Morgan fingerprint density at radius 1 is 1.29 bits per heavy atom. The second-order valence-electron chi connectivity index (χ2n) is 5.00. The molecule has 0 aliphatic heterocycles. The molecular weight excluding hydrogens is 330 g/mol. The minimum Gasteiger partial charge on any atom is -0.444 e. The molecule has 4 N–H and O–H groups in total. The third-order valence-corrected chi connectivity index (χ3v) is 3.77. The lowest BCUT2D eigenvalue weighted by Gasteiger charge is -2.10. The number of aliphatic imine (C=N–C) groups is 1. The van der Waals surface area contributed by atoms with Gasteiger partial charge in [0.15, 0.2) is 5.96 Å². The van der Waals surface area contributed by atoms with Crippen molar-refractivity contribution in [2.24, 2.45) is 10.1 Å². The lowest BCUT2D eigenvalue weighted by Crippen LogP contribution is -2.40. The molecule has 0 unspecified atom stereocenters. The van der Waals surface area contributed by atoms with Crippen molar-refractivity contribution in [3.05, 3.63) is 42.3 Å². The van der Waals surface area contributed by atoms with Crippen LogP contribution in [0.1, 0.15) is 12.6 Å². The van der Waals surface area contributed by atoms with Gasteiger partial charge in [-0.3, -0.25) is 0 Å². The maximum Gasteiger partial charge on any atom is 0.226 e. The Morgan fingerprint density at radius 2 is 2.04 bits per heavy atom. The van der Waals surface area contributed by atoms with Crippen LogP contribution in [0.25, 0.3) is 11.5 Å². The lowest BCUT2D eigenvalue weighted by molar-refractivity contribution is 0.572. The van der Waals surface area contributed by atoms with Gasteiger partial charge < -0.3 is 15.1 Å². The number of benzene rings is 1. The number of guanidine groups is 1. The third-order valence-electron chi connectivity index (χ3n) is 2.99. The van der Waals surface area contributed by atoms with Gasteiger partial charge in [-0.1, -0.05) is 18.2 Å². The molecule has 24 heavy (non-hydrogen) atoms. The summed E-state index contributed by atoms with van der Waals surface area (Å²) >= 11 is 0. The van der Waals surface area contributed by atoms with Crippen molar-refractivity contribution >= 4 is 16.0 Å². The molecule has 0 fully saturated rings. The monoisotopic (exact) mass is 351 g/mol. The van der Waals surface area contributed by atoms with Crippen LogP contribution < -0.4 is 15.8 Å². The SMILES string of the molecule is CCNC(=NCc1coc(-c2ccccc2)n1)NCCS(N)(=O)=O. The summed E-state index contributed by atoms with van der Waals surface area (Å²) in [6.07, 6.45) is 1.56. The van der Waals surface area contributed by atoms with Crippen LogP contribution in [0.3, 0.4) is 0 Å². The molecule has 0 aliphatic rings. The quantitative estimate of drug-likeness (QED) is 0.498. The van der Waals surface area contributed by atoms with E-state index < -0.39 is 10.0 Å². The summed E-state index contributed by atoms with van der Waals surface area (Å²) in [5.41, 5.74) is 1.57. The number of rotatable bonds is 7. The van der Waals surface area contributed by atoms with Gasteiger partial charge in [-0.15, -0.1) is 0 Å². The number of hydrogen-bond acceptors (Lipinski definition) is 5. The van der Waals surface area contributed by atoms with E-state index in [2.05, 4.69) is 20.6 Å². The predicted molar refractivity (Wildman–Crippen MR) is 92.7 cm³/mol. The highest BCUT2D eigenvalue weighted by Gasteiger charge is 2.07. The van der Waals surface area contributed by atoms with Gasteiger partial charge in [-0.2, -0.15) is 0 Å². The number of hydrogen-bond donors (Lipinski definition) is 3. The minimum absolute atomic E-state index is 0.167. The first kappa shape index (κ1) is 18.0. The fourth-order valence-electron chi connectivity index (χ4n) is 1.91. The molecule has 1 heterocycles. The van der Waals surface area contributed by atoms with E-state index in [9.17, 15) is 8.42 Å². The van der Waals surface area contributed by atoms with Crippen molar-refractivity contribution in [2.45, 2.75) is 13.5 Å². The van der Waals surface area contributed by atoms with Crippen LogP contribution >= 0.6 is 0 Å². The number of nitrogens with zero attached hydrogens (tertiary/aromatic N) is 2. The predicted octanol–water partition coefficient (Wildman–Crippen LogP) is 0.685. The fourth-order valence-corrected chi connectivity index (χ4v) is 2.29. The molecular formula is C15H21N5O3S. The van der Waals surface area contributed by atoms with Crippen molar-refractivity contribution in [2.75, 3.05) is 18.8 Å². The van der Waals surface area contributed by atoms with Gasteiger partial charge in [-0.05, 0) is 19.1 Å². The number of nitrogens with one attached hydrogen (secondary N) is 2. The van der Waals surface area contributed by atoms with Crippen molar-refractivity contribution in [1.82, 2.24) is 15.6 Å². The maximum atomic E-state index is 10.9. The van der Waals surface area contributed by atoms with Crippen LogP contribution in [-0.2, 0) is 16.6 Å². The first-order valence-electron chi connectivity index (χ1n) is 7.50. The Hall–Kier alpha value is -2.39. The number of sulfonamides is 1. The van der Waals surface area contributed by atoms with Crippen LogP contribution in [0.4, 0.5) is 0 Å². The number of nitrogens with two attached hydrogens (primary N) is 1. The molecule has 0 radical (unpaired) electrons. The second-order valence-corrected chi connectivity index (χ2v) is 6.73. The molecule has 0 bridgehead atoms. The molecule has 2 rings (SSSR count). The van der Waals surface area contributed by atoms with Gasteiger partial charge in [0, 0.05) is 18.7 Å². The van der Waals surface area contributed by atoms with Gasteiger partial charge in [0.25, 0.3) is 0 Å². The summed E-state index contributed by atoms with van der Waals surface area (Å²) in [4.78, 5) is 8.73. The number of primary sulfonamides is 1. The highest BCUT2D eigenvalue weighted by molar-refractivity contribution is 7.89. The van der Waals surface area contributed by atoms with Crippen LogP contribution in [-0.4, -0.2) is 38.2 Å². The molecule has 0 spiro atoms. The van der Waals surface area contributed by atoms with E-state index in [1.165, 1.54) is 0 Å². The second kappa shape index (κ2) is 8.46. The zero-order valence-corrected chi connectivity index (χ0v) is 14.2. The molecule has 130 valence electrons. The normalized spacial score (nSPS) is 12.2. The van der Waals surface area contributed by atoms with E-state index in [0.717, 1.165) is 5.56 Å². The zero-order valence-electron chi connectivity index (χ0n) is 13.4. The Balaban J connectivity index is 1.97. The van der Waals surface area contributed by atoms with E-state index in [1.54, 1.807) is 6.26 Å². The van der Waals surface area contributed by atoms with E-state index in [4.69, 9.17) is 9.56 Å². The van der Waals surface area contributed by atoms with E-state index >= 15 is 0 Å². The molecule has 2 aromatic rings. The lowest BCUT2D eigenvalue weighted by atomic mass is 10.2. The molecule has 1 aromatic carbocycles. The standard InChI is InChI=1S/C15H21N5O3S/c1-2-17-15(18-8-9-24(16,21)22)19-10-13-11-23-14(20-13)12-6-4-3-5-7-12/h3-7,11H,2,8-10H2,1H3,(H2,16,21,22)(H2,17,18,19). The highest BCUT2D eigenvalue weighted by atomic mass is 32.2. The minimum atomic E-state index is -3.50. The molecule has 8 nitrogen and oxygen atoms in total. The Kier molecular flexibility index (Phi) is 6.33. The molecule has 9 heteroatoms. The number of oxazole rings is 1. The van der Waals surface area contributed by atoms with E-state index in [0.29, 0.717) is 30.6 Å². The van der Waals surface area contributed by atoms with Crippen molar-refractivity contribution < 1.29 is 12.8 Å². The summed E-state index contributed by atoms with van der Waals surface area (Å²) in [5.74, 6) is 0.859. The average Bonchev–Trinajstić information content (AvgIpc) is 3.01. The largest absolute Gasteiger partial charge is 0.444 e. The summed E-state index contributed by atoms with van der Waals surface area (Å²) in [7, 11) is -3.50. The first-order chi connectivity index (χ1) is 11.5. The van der Waals surface area contributed by atoms with E-state index in [-0.39, 0.29) is 12.3 Å². The smallest absolute Gasteiger partial charge is 0.226 e. The van der Waals surface area contributed by atoms with Crippen molar-refractivity contribution in [1.29, 1.82) is 0 Å². The number of aromatic nitrogens is 1. The Labute approximate surface area is 141 Å². The van der Waals surface area contributed by atoms with Crippen molar-refractivity contribution in [3.8, 4) is 11.5 Å². The average molecular weight is 351 g/mol. The Bertz CT molecular complexity index is 771. The van der Waals surface area contributed by atoms with Gasteiger partial charge in [-0.25, -0.2) is 23.5 Å². The summed E-state index contributed by atoms with van der Waals surface area (Å²) in [6.45, 7) is 3.05. The van der Waals surface area contributed by atoms with Gasteiger partial charge >= 0.3 is 0 Å². The maximum absolute atomic E-state index is 10.9. The molecule has 0 aliphatic carbocycles. The molecule has 0 amide bonds. The topological polar surface area (TPSA) is 123 Å². The van der Waals surface area contributed by atoms with Crippen LogP contribution in [0.2, 0.25) is 0 Å². The van der Waals surface area contributed by atoms with Crippen molar-refractivity contribution in [3.63, 3.8) is 0 Å². The zero-order chi connectivity index (χ0) is 17.4. The highest BCUT2D eigenvalue weighted by Crippen LogP contribution is 2.18. The van der Waals surface area contributed by atoms with Gasteiger partial charge in [0.05, 0.1) is 12.3 Å². The Morgan fingerprint density at radius 3 is 2.71 bits per heavy atom. The van der Waals surface area contributed by atoms with E-state index in [1.807, 2.05) is 37.3 Å². The van der Waals surface area contributed by atoms with Gasteiger partial charge in [0.2, 0.25) is 15.9 Å².